The van der Waals surface area contributed by atoms with Gasteiger partial charge in [-0.3, -0.25) is 0 Å². The molecule has 0 radical (unpaired) electrons. The van der Waals surface area contributed by atoms with E-state index in [-0.39, 0.29) is 13.1 Å². The van der Waals surface area contributed by atoms with E-state index in [1.54, 1.807) is 12.2 Å². The van der Waals surface area contributed by atoms with Crippen molar-refractivity contribution < 1.29 is 27.9 Å². The van der Waals surface area contributed by atoms with Gasteiger partial charge >= 0.3 is 18.2 Å². The van der Waals surface area contributed by atoms with Crippen LogP contribution < -0.4 is 5.32 Å². The predicted octanol–water partition coefficient (Wildman–Crippen LogP) is 1.75. The molecule has 0 saturated heterocycles. The molecule has 0 fully saturated rings. The fraction of sp³-hybridized carbons (Fsp3) is 0.636. The highest BCUT2D eigenvalue weighted by atomic mass is 19.4. The maximum atomic E-state index is 12.7. The third-order valence-electron chi connectivity index (χ3n) is 2.97. The second-order valence-electron chi connectivity index (χ2n) is 4.62. The summed E-state index contributed by atoms with van der Waals surface area (Å²) >= 11 is 0. The summed E-state index contributed by atoms with van der Waals surface area (Å²) in [7, 11) is 0. The molecule has 1 unspecified atom stereocenters. The highest BCUT2D eigenvalue weighted by Gasteiger charge is 2.58. The summed E-state index contributed by atoms with van der Waals surface area (Å²) in [5.74, 6) is -2.14. The van der Waals surface area contributed by atoms with Crippen LogP contribution in [0, 0.1) is 0 Å². The Bertz CT molecular complexity index is 420. The van der Waals surface area contributed by atoms with Crippen LogP contribution in [0.3, 0.4) is 0 Å². The van der Waals surface area contributed by atoms with Gasteiger partial charge in [-0.05, 0) is 20.3 Å². The fourth-order valence-electron chi connectivity index (χ4n) is 1.62. The van der Waals surface area contributed by atoms with Crippen LogP contribution in [-0.2, 0) is 4.79 Å². The lowest BCUT2D eigenvalue weighted by Crippen LogP contribution is -2.64. The predicted molar refractivity (Wildman–Crippen MR) is 60.6 cm³/mol. The standard InChI is InChI=1S/C11H15F3N2O3/c1-7-4-3-5-16(6-7)9(19)15-10(2,8(17)18)11(12,13)14/h4H,3,5-6H2,1-2H3,(H,15,19)(H,17,18). The van der Waals surface area contributed by atoms with E-state index in [1.807, 2.05) is 6.08 Å². The zero-order valence-electron chi connectivity index (χ0n) is 10.5. The molecule has 8 heteroatoms. The molecule has 108 valence electrons. The SMILES string of the molecule is CC1=CCCN(C(=O)NC(C)(C(=O)O)C(F)(F)F)C1. The Hall–Kier alpha value is -1.73. The maximum absolute atomic E-state index is 12.7. The van der Waals surface area contributed by atoms with Crippen molar-refractivity contribution in [1.82, 2.24) is 10.2 Å². The van der Waals surface area contributed by atoms with Gasteiger partial charge in [-0.1, -0.05) is 11.6 Å². The first kappa shape index (κ1) is 15.3. The molecule has 2 amide bonds. The molecule has 1 aliphatic rings. The van der Waals surface area contributed by atoms with Gasteiger partial charge < -0.3 is 15.3 Å². The van der Waals surface area contributed by atoms with E-state index in [4.69, 9.17) is 5.11 Å². The van der Waals surface area contributed by atoms with Crippen molar-refractivity contribution in [3.05, 3.63) is 11.6 Å². The fourth-order valence-corrected chi connectivity index (χ4v) is 1.62. The van der Waals surface area contributed by atoms with Gasteiger partial charge in [0.25, 0.3) is 0 Å². The van der Waals surface area contributed by atoms with Gasteiger partial charge in [-0.25, -0.2) is 9.59 Å². The number of carbonyl (C=O) groups is 2. The van der Waals surface area contributed by atoms with Crippen LogP contribution in [0.15, 0.2) is 11.6 Å². The average molecular weight is 280 g/mol. The van der Waals surface area contributed by atoms with Gasteiger partial charge in [0.2, 0.25) is 5.54 Å². The number of amides is 2. The molecular weight excluding hydrogens is 265 g/mol. The lowest BCUT2D eigenvalue weighted by Gasteiger charge is -2.33. The molecule has 5 nitrogen and oxygen atoms in total. The van der Waals surface area contributed by atoms with Crippen molar-refractivity contribution in [2.75, 3.05) is 13.1 Å². The van der Waals surface area contributed by atoms with Gasteiger partial charge in [-0.2, -0.15) is 13.2 Å². The van der Waals surface area contributed by atoms with Gasteiger partial charge in [0.15, 0.2) is 0 Å². The Morgan fingerprint density at radius 3 is 2.42 bits per heavy atom. The molecular formula is C11H15F3N2O3. The second-order valence-corrected chi connectivity index (χ2v) is 4.62. The molecule has 2 N–H and O–H groups in total. The molecule has 0 bridgehead atoms. The van der Waals surface area contributed by atoms with E-state index in [2.05, 4.69) is 0 Å². The number of carboxylic acids is 1. The van der Waals surface area contributed by atoms with Crippen LogP contribution in [0.4, 0.5) is 18.0 Å². The van der Waals surface area contributed by atoms with Gasteiger partial charge in [-0.15, -0.1) is 0 Å². The average Bonchev–Trinajstić information content (AvgIpc) is 2.27. The van der Waals surface area contributed by atoms with Crippen LogP contribution in [0.5, 0.6) is 0 Å². The number of nitrogens with zero attached hydrogens (tertiary/aromatic N) is 1. The lowest BCUT2D eigenvalue weighted by atomic mass is 10.0. The molecule has 1 rings (SSSR count). The van der Waals surface area contributed by atoms with Crippen molar-refractivity contribution in [3.63, 3.8) is 0 Å². The quantitative estimate of drug-likeness (QED) is 0.757. The Morgan fingerprint density at radius 2 is 2.00 bits per heavy atom. The summed E-state index contributed by atoms with van der Waals surface area (Å²) < 4.78 is 38.2. The summed E-state index contributed by atoms with van der Waals surface area (Å²) in [5, 5.41) is 10.3. The van der Waals surface area contributed by atoms with Gasteiger partial charge in [0.1, 0.15) is 0 Å². The van der Waals surface area contributed by atoms with Gasteiger partial charge in [0, 0.05) is 13.1 Å². The number of hydrogen-bond donors (Lipinski definition) is 2. The second kappa shape index (κ2) is 5.10. The summed E-state index contributed by atoms with van der Waals surface area (Å²) in [4.78, 5) is 23.7. The normalized spacial score (nSPS) is 19.4. The molecule has 0 aromatic heterocycles. The van der Waals surface area contributed by atoms with E-state index < -0.39 is 23.7 Å². The van der Waals surface area contributed by atoms with E-state index in [0.717, 1.165) is 10.5 Å². The van der Waals surface area contributed by atoms with Crippen LogP contribution in [0.2, 0.25) is 0 Å². The number of nitrogens with one attached hydrogen (secondary N) is 1. The van der Waals surface area contributed by atoms with Crippen molar-refractivity contribution in [1.29, 1.82) is 0 Å². The number of rotatable bonds is 2. The topological polar surface area (TPSA) is 69.6 Å². The number of urea groups is 1. The number of alkyl halides is 3. The molecule has 1 heterocycles. The lowest BCUT2D eigenvalue weighted by molar-refractivity contribution is -0.203. The van der Waals surface area contributed by atoms with Crippen molar-refractivity contribution in [3.8, 4) is 0 Å². The Balaban J connectivity index is 2.84. The number of carbonyl (C=O) groups excluding carboxylic acids is 1. The molecule has 0 saturated carbocycles. The van der Waals surface area contributed by atoms with Crippen molar-refractivity contribution in [2.24, 2.45) is 0 Å². The summed E-state index contributed by atoms with van der Waals surface area (Å²) in [6.45, 7) is 2.63. The third-order valence-corrected chi connectivity index (χ3v) is 2.97. The minimum absolute atomic E-state index is 0.194. The first-order valence-corrected chi connectivity index (χ1v) is 5.61. The van der Waals surface area contributed by atoms with Crippen LogP contribution in [0.1, 0.15) is 20.3 Å². The van der Waals surface area contributed by atoms with Crippen molar-refractivity contribution >= 4 is 12.0 Å². The number of aliphatic carboxylic acids is 1. The van der Waals surface area contributed by atoms with Gasteiger partial charge in [0.05, 0.1) is 0 Å². The molecule has 0 aromatic carbocycles. The summed E-state index contributed by atoms with van der Waals surface area (Å²) in [5.41, 5.74) is -2.44. The zero-order chi connectivity index (χ0) is 14.8. The van der Waals surface area contributed by atoms with E-state index in [0.29, 0.717) is 13.3 Å². The maximum Gasteiger partial charge on any atom is 0.422 e. The Kier molecular flexibility index (Phi) is 4.12. The minimum atomic E-state index is -5.07. The molecule has 0 aliphatic carbocycles. The monoisotopic (exact) mass is 280 g/mol. The smallest absolute Gasteiger partial charge is 0.422 e. The molecule has 1 aliphatic heterocycles. The van der Waals surface area contributed by atoms with Crippen LogP contribution in [-0.4, -0.2) is 46.8 Å². The highest BCUT2D eigenvalue weighted by Crippen LogP contribution is 2.30. The van der Waals surface area contributed by atoms with E-state index in [9.17, 15) is 22.8 Å². The third kappa shape index (κ3) is 3.18. The number of hydrogen-bond acceptors (Lipinski definition) is 2. The highest BCUT2D eigenvalue weighted by molar-refractivity contribution is 5.87. The molecule has 0 aromatic rings. The zero-order valence-corrected chi connectivity index (χ0v) is 10.5. The van der Waals surface area contributed by atoms with E-state index >= 15 is 0 Å². The van der Waals surface area contributed by atoms with Crippen LogP contribution in [0.25, 0.3) is 0 Å². The summed E-state index contributed by atoms with van der Waals surface area (Å²) in [6.07, 6.45) is -2.66. The molecule has 19 heavy (non-hydrogen) atoms. The largest absolute Gasteiger partial charge is 0.479 e. The Morgan fingerprint density at radius 1 is 1.42 bits per heavy atom. The van der Waals surface area contributed by atoms with Crippen LogP contribution >= 0.6 is 0 Å². The number of carboxylic acid groups (broad SMARTS) is 1. The van der Waals surface area contributed by atoms with Crippen molar-refractivity contribution in [2.45, 2.75) is 32.0 Å². The minimum Gasteiger partial charge on any atom is -0.479 e. The first-order valence-electron chi connectivity index (χ1n) is 5.61. The van der Waals surface area contributed by atoms with E-state index in [1.165, 1.54) is 0 Å². The first-order chi connectivity index (χ1) is 8.58. The number of halogens is 3. The molecule has 0 spiro atoms. The molecule has 1 atom stereocenters. The summed E-state index contributed by atoms with van der Waals surface area (Å²) in [6, 6.07) is -1.03. The Labute approximate surface area is 108 Å².